The Balaban J connectivity index is 0.00000225. The molecule has 1 saturated carbocycles. The normalized spacial score (nSPS) is 21.1. The molecule has 0 spiro atoms. The SMILES string of the molecule is CC(NC(=O)CC1COCCN1)c1ccc(OCC2CC2)c(F)c1.Cl. The van der Waals surface area contributed by atoms with Crippen LogP contribution in [0.3, 0.4) is 0 Å². The van der Waals surface area contributed by atoms with Crippen molar-refractivity contribution < 1.29 is 18.7 Å². The minimum Gasteiger partial charge on any atom is -0.490 e. The molecule has 1 amide bonds. The lowest BCUT2D eigenvalue weighted by atomic mass is 10.1. The summed E-state index contributed by atoms with van der Waals surface area (Å²) < 4.78 is 25.0. The first-order valence-electron chi connectivity index (χ1n) is 8.64. The quantitative estimate of drug-likeness (QED) is 0.772. The first-order valence-corrected chi connectivity index (χ1v) is 8.64. The number of rotatable bonds is 7. The zero-order valence-electron chi connectivity index (χ0n) is 14.4. The first kappa shape index (κ1) is 19.9. The third kappa shape index (κ3) is 6.13. The Bertz CT molecular complexity index is 577. The molecular formula is C18H26ClFN2O3. The van der Waals surface area contributed by atoms with Crippen molar-refractivity contribution in [2.45, 2.75) is 38.3 Å². The van der Waals surface area contributed by atoms with Gasteiger partial charge in [0.05, 0.1) is 25.9 Å². The van der Waals surface area contributed by atoms with Gasteiger partial charge >= 0.3 is 0 Å². The lowest BCUT2D eigenvalue weighted by molar-refractivity contribution is -0.122. The maximum Gasteiger partial charge on any atom is 0.222 e. The first-order chi connectivity index (χ1) is 11.6. The smallest absolute Gasteiger partial charge is 0.222 e. The Morgan fingerprint density at radius 3 is 2.92 bits per heavy atom. The van der Waals surface area contributed by atoms with Crippen molar-refractivity contribution in [3.8, 4) is 5.75 Å². The van der Waals surface area contributed by atoms with Gasteiger partial charge in [-0.15, -0.1) is 12.4 Å². The third-order valence-electron chi connectivity index (χ3n) is 4.44. The van der Waals surface area contributed by atoms with Gasteiger partial charge in [0.15, 0.2) is 11.6 Å². The van der Waals surface area contributed by atoms with Crippen LogP contribution in [0, 0.1) is 11.7 Å². The molecule has 1 aromatic rings. The van der Waals surface area contributed by atoms with Crippen LogP contribution in [0.15, 0.2) is 18.2 Å². The number of nitrogens with one attached hydrogen (secondary N) is 2. The fourth-order valence-electron chi connectivity index (χ4n) is 2.75. The van der Waals surface area contributed by atoms with Crippen molar-refractivity contribution in [3.63, 3.8) is 0 Å². The number of hydrogen-bond acceptors (Lipinski definition) is 4. The van der Waals surface area contributed by atoms with Crippen LogP contribution < -0.4 is 15.4 Å². The predicted molar refractivity (Wildman–Crippen MR) is 95.7 cm³/mol. The Kier molecular flexibility index (Phi) is 7.47. The van der Waals surface area contributed by atoms with E-state index in [0.717, 1.165) is 12.1 Å². The molecule has 2 fully saturated rings. The van der Waals surface area contributed by atoms with Crippen LogP contribution in [0.25, 0.3) is 0 Å². The van der Waals surface area contributed by atoms with Gasteiger partial charge < -0.3 is 20.1 Å². The van der Waals surface area contributed by atoms with Crippen molar-refractivity contribution in [1.82, 2.24) is 10.6 Å². The second kappa shape index (κ2) is 9.36. The van der Waals surface area contributed by atoms with Crippen LogP contribution in [0.2, 0.25) is 0 Å². The van der Waals surface area contributed by atoms with E-state index in [1.807, 2.05) is 6.92 Å². The van der Waals surface area contributed by atoms with Crippen LogP contribution in [-0.4, -0.2) is 38.3 Å². The summed E-state index contributed by atoms with van der Waals surface area (Å²) in [5.41, 5.74) is 0.729. The number of carbonyl (C=O) groups excluding carboxylic acids is 1. The standard InChI is InChI=1S/C18H25FN2O3.ClH/c1-12(21-18(22)9-15-11-23-7-6-20-15)14-4-5-17(16(19)8-14)24-10-13-2-3-13;/h4-5,8,12-13,15,20H,2-3,6-7,9-11H2,1H3,(H,21,22);1H. The van der Waals surface area contributed by atoms with E-state index >= 15 is 0 Å². The summed E-state index contributed by atoms with van der Waals surface area (Å²) in [5.74, 6) is 0.420. The number of amides is 1. The van der Waals surface area contributed by atoms with Gasteiger partial charge in [0.25, 0.3) is 0 Å². The lowest BCUT2D eigenvalue weighted by Crippen LogP contribution is -2.44. The highest BCUT2D eigenvalue weighted by Gasteiger charge is 2.23. The summed E-state index contributed by atoms with van der Waals surface area (Å²) >= 11 is 0. The Labute approximate surface area is 154 Å². The van der Waals surface area contributed by atoms with Gasteiger partial charge in [0, 0.05) is 19.0 Å². The fourth-order valence-corrected chi connectivity index (χ4v) is 2.75. The minimum absolute atomic E-state index is 0. The summed E-state index contributed by atoms with van der Waals surface area (Å²) in [6.45, 7) is 4.43. The van der Waals surface area contributed by atoms with Gasteiger partial charge in [-0.1, -0.05) is 6.07 Å². The molecule has 1 heterocycles. The van der Waals surface area contributed by atoms with E-state index in [9.17, 15) is 9.18 Å². The Morgan fingerprint density at radius 1 is 1.48 bits per heavy atom. The van der Waals surface area contributed by atoms with Crippen molar-refractivity contribution in [1.29, 1.82) is 0 Å². The average Bonchev–Trinajstić information content (AvgIpc) is 3.38. The van der Waals surface area contributed by atoms with Gasteiger partial charge in [-0.2, -0.15) is 0 Å². The highest BCUT2D eigenvalue weighted by molar-refractivity contribution is 5.85. The van der Waals surface area contributed by atoms with E-state index in [-0.39, 0.29) is 42.0 Å². The Morgan fingerprint density at radius 2 is 2.28 bits per heavy atom. The van der Waals surface area contributed by atoms with Crippen molar-refractivity contribution >= 4 is 18.3 Å². The number of halogens is 2. The lowest BCUT2D eigenvalue weighted by Gasteiger charge is -2.24. The van der Waals surface area contributed by atoms with Crippen molar-refractivity contribution in [3.05, 3.63) is 29.6 Å². The van der Waals surface area contributed by atoms with E-state index < -0.39 is 0 Å². The maximum absolute atomic E-state index is 14.1. The molecule has 3 rings (SSSR count). The monoisotopic (exact) mass is 372 g/mol. The van der Waals surface area contributed by atoms with Crippen molar-refractivity contribution in [2.75, 3.05) is 26.4 Å². The van der Waals surface area contributed by atoms with Crippen LogP contribution in [0.1, 0.15) is 37.8 Å². The molecule has 1 saturated heterocycles. The molecule has 1 aromatic carbocycles. The van der Waals surface area contributed by atoms with Gasteiger partial charge in [-0.05, 0) is 43.4 Å². The number of hydrogen-bond donors (Lipinski definition) is 2. The van der Waals surface area contributed by atoms with E-state index in [0.29, 0.717) is 32.2 Å². The largest absolute Gasteiger partial charge is 0.490 e. The molecule has 140 valence electrons. The fraction of sp³-hybridized carbons (Fsp3) is 0.611. The van der Waals surface area contributed by atoms with Crippen LogP contribution >= 0.6 is 12.4 Å². The molecule has 0 bridgehead atoms. The molecule has 2 unspecified atom stereocenters. The predicted octanol–water partition coefficient (Wildman–Crippen LogP) is 2.59. The van der Waals surface area contributed by atoms with Gasteiger partial charge in [0.1, 0.15) is 0 Å². The summed E-state index contributed by atoms with van der Waals surface area (Å²) in [4.78, 5) is 12.1. The molecule has 1 aliphatic carbocycles. The number of morpholine rings is 1. The molecule has 2 N–H and O–H groups in total. The summed E-state index contributed by atoms with van der Waals surface area (Å²) in [5, 5.41) is 6.15. The third-order valence-corrected chi connectivity index (χ3v) is 4.44. The summed E-state index contributed by atoms with van der Waals surface area (Å²) in [6, 6.07) is 4.68. The molecule has 2 atom stereocenters. The molecule has 25 heavy (non-hydrogen) atoms. The topological polar surface area (TPSA) is 59.6 Å². The van der Waals surface area contributed by atoms with Crippen LogP contribution in [-0.2, 0) is 9.53 Å². The average molecular weight is 373 g/mol. The highest BCUT2D eigenvalue weighted by atomic mass is 35.5. The second-order valence-corrected chi connectivity index (χ2v) is 6.66. The van der Waals surface area contributed by atoms with Gasteiger partial charge in [-0.3, -0.25) is 4.79 Å². The highest BCUT2D eigenvalue weighted by Crippen LogP contribution is 2.30. The number of ether oxygens (including phenoxy) is 2. The van der Waals surface area contributed by atoms with E-state index in [4.69, 9.17) is 9.47 Å². The van der Waals surface area contributed by atoms with E-state index in [2.05, 4.69) is 10.6 Å². The summed E-state index contributed by atoms with van der Waals surface area (Å²) in [6.07, 6.45) is 2.70. The van der Waals surface area contributed by atoms with Gasteiger partial charge in [0.2, 0.25) is 5.91 Å². The molecule has 0 radical (unpaired) electrons. The van der Waals surface area contributed by atoms with E-state index in [1.54, 1.807) is 12.1 Å². The van der Waals surface area contributed by atoms with E-state index in [1.165, 1.54) is 18.9 Å². The number of benzene rings is 1. The number of carbonyl (C=O) groups is 1. The Hall–Kier alpha value is -1.37. The molecule has 5 nitrogen and oxygen atoms in total. The van der Waals surface area contributed by atoms with Gasteiger partial charge in [-0.25, -0.2) is 4.39 Å². The van der Waals surface area contributed by atoms with Crippen LogP contribution in [0.4, 0.5) is 4.39 Å². The molecule has 7 heteroatoms. The second-order valence-electron chi connectivity index (χ2n) is 6.66. The van der Waals surface area contributed by atoms with Crippen LogP contribution in [0.5, 0.6) is 5.75 Å². The molecule has 1 aliphatic heterocycles. The molecule has 0 aromatic heterocycles. The summed E-state index contributed by atoms with van der Waals surface area (Å²) in [7, 11) is 0. The zero-order chi connectivity index (χ0) is 16.9. The van der Waals surface area contributed by atoms with Crippen molar-refractivity contribution in [2.24, 2.45) is 5.92 Å². The minimum atomic E-state index is -0.378. The molecule has 2 aliphatic rings. The maximum atomic E-state index is 14.1. The zero-order valence-corrected chi connectivity index (χ0v) is 15.2. The molecular weight excluding hydrogens is 347 g/mol.